The van der Waals surface area contributed by atoms with Gasteiger partial charge in [-0.15, -0.1) is 0 Å². The first-order chi connectivity index (χ1) is 13.8. The second-order valence-electron chi connectivity index (χ2n) is 8.74. The van der Waals surface area contributed by atoms with Crippen molar-refractivity contribution < 1.29 is 22.7 Å². The van der Waals surface area contributed by atoms with E-state index in [0.717, 1.165) is 19.3 Å². The van der Waals surface area contributed by atoms with Crippen LogP contribution in [0.25, 0.3) is 0 Å². The minimum Gasteiger partial charge on any atom is -0.457 e. The molecule has 0 unspecified atom stereocenters. The first kappa shape index (κ1) is 20.0. The van der Waals surface area contributed by atoms with Gasteiger partial charge in [-0.2, -0.15) is 9.98 Å². The molecule has 1 aromatic rings. The van der Waals surface area contributed by atoms with E-state index in [-0.39, 0.29) is 22.7 Å². The molecule has 29 heavy (non-hydrogen) atoms. The third kappa shape index (κ3) is 4.07. The van der Waals surface area contributed by atoms with Crippen LogP contribution in [0.4, 0.5) is 0 Å². The summed E-state index contributed by atoms with van der Waals surface area (Å²) < 4.78 is 31.7. The van der Waals surface area contributed by atoms with Crippen LogP contribution in [0.5, 0.6) is 0 Å². The van der Waals surface area contributed by atoms with E-state index in [2.05, 4.69) is 4.72 Å². The number of sulfonamides is 1. The van der Waals surface area contributed by atoms with Crippen LogP contribution >= 0.6 is 0 Å². The highest BCUT2D eigenvalue weighted by atomic mass is 32.2. The third-order valence-corrected chi connectivity index (χ3v) is 8.11. The minimum absolute atomic E-state index is 0.0140. The number of nitriles is 1. The number of ketones is 1. The molecule has 0 aromatic heterocycles. The summed E-state index contributed by atoms with van der Waals surface area (Å²) in [7, 11) is -3.90. The molecule has 0 atom stereocenters. The van der Waals surface area contributed by atoms with E-state index in [0.29, 0.717) is 23.3 Å². The van der Waals surface area contributed by atoms with Gasteiger partial charge in [0.05, 0.1) is 16.5 Å². The number of carbonyl (C=O) groups is 2. The van der Waals surface area contributed by atoms with Crippen molar-refractivity contribution in [2.45, 2.75) is 43.4 Å². The van der Waals surface area contributed by atoms with Crippen molar-refractivity contribution in [2.75, 3.05) is 13.2 Å². The van der Waals surface area contributed by atoms with E-state index in [4.69, 9.17) is 10.00 Å². The number of carbonyl (C=O) groups excluding carboxylic acids is 2. The lowest BCUT2D eigenvalue weighted by atomic mass is 9.48. The zero-order chi connectivity index (χ0) is 20.6. The summed E-state index contributed by atoms with van der Waals surface area (Å²) >= 11 is 0. The fourth-order valence-corrected chi connectivity index (χ4v) is 6.72. The Morgan fingerprint density at radius 3 is 2.14 bits per heavy atom. The lowest BCUT2D eigenvalue weighted by molar-refractivity contribution is -0.157. The Balaban J connectivity index is 1.29. The maximum absolute atomic E-state index is 12.8. The Morgan fingerprint density at radius 2 is 1.62 bits per heavy atom. The minimum atomic E-state index is -3.90. The molecule has 1 aromatic carbocycles. The second kappa shape index (κ2) is 7.54. The zero-order valence-corrected chi connectivity index (χ0v) is 16.9. The molecular weight excluding hydrogens is 392 g/mol. The SMILES string of the molecule is N#Cc1ccc(S(=O)(=O)NCC(=O)OCC(=O)C23CC4CC(CC(C4)C2)C3)cc1. The molecule has 154 valence electrons. The molecule has 0 aliphatic heterocycles. The molecular formula is C21H24N2O5S. The van der Waals surface area contributed by atoms with Crippen LogP contribution in [0.15, 0.2) is 29.2 Å². The Morgan fingerprint density at radius 1 is 1.07 bits per heavy atom. The van der Waals surface area contributed by atoms with Gasteiger partial charge >= 0.3 is 5.97 Å². The summed E-state index contributed by atoms with van der Waals surface area (Å²) in [6.45, 7) is -0.833. The van der Waals surface area contributed by atoms with Crippen molar-refractivity contribution in [1.82, 2.24) is 4.72 Å². The average molecular weight is 416 g/mol. The van der Waals surface area contributed by atoms with Crippen LogP contribution in [0.3, 0.4) is 0 Å². The summed E-state index contributed by atoms with van der Waals surface area (Å²) in [5, 5.41) is 8.77. The molecule has 0 spiro atoms. The van der Waals surface area contributed by atoms with Gasteiger partial charge in [-0.1, -0.05) is 0 Å². The van der Waals surface area contributed by atoms with Crippen molar-refractivity contribution in [1.29, 1.82) is 5.26 Å². The van der Waals surface area contributed by atoms with E-state index in [1.807, 2.05) is 6.07 Å². The summed E-state index contributed by atoms with van der Waals surface area (Å²) in [5.41, 5.74) is 0.00311. The van der Waals surface area contributed by atoms with Crippen molar-refractivity contribution in [3.05, 3.63) is 29.8 Å². The van der Waals surface area contributed by atoms with E-state index in [1.54, 1.807) is 0 Å². The van der Waals surface area contributed by atoms with Crippen LogP contribution in [-0.4, -0.2) is 33.3 Å². The van der Waals surface area contributed by atoms with E-state index in [1.165, 1.54) is 43.5 Å². The highest BCUT2D eigenvalue weighted by molar-refractivity contribution is 7.89. The summed E-state index contributed by atoms with van der Waals surface area (Å²) in [6.07, 6.45) is 6.39. The van der Waals surface area contributed by atoms with E-state index in [9.17, 15) is 18.0 Å². The van der Waals surface area contributed by atoms with Crippen molar-refractivity contribution >= 4 is 21.8 Å². The van der Waals surface area contributed by atoms with Crippen molar-refractivity contribution in [3.63, 3.8) is 0 Å². The summed E-state index contributed by atoms with van der Waals surface area (Å²) in [5.74, 6) is 1.08. The fourth-order valence-electron chi connectivity index (χ4n) is 5.75. The van der Waals surface area contributed by atoms with Crippen molar-refractivity contribution in [2.24, 2.45) is 23.2 Å². The molecule has 8 heteroatoms. The van der Waals surface area contributed by atoms with Gasteiger partial charge in [0.2, 0.25) is 10.0 Å². The Kier molecular flexibility index (Phi) is 5.21. The molecule has 1 N–H and O–H groups in total. The molecule has 0 heterocycles. The topological polar surface area (TPSA) is 113 Å². The van der Waals surface area contributed by atoms with Gasteiger partial charge in [-0.3, -0.25) is 9.59 Å². The maximum Gasteiger partial charge on any atom is 0.321 e. The van der Waals surface area contributed by atoms with Gasteiger partial charge in [0.1, 0.15) is 6.54 Å². The molecule has 4 aliphatic rings. The molecule has 4 aliphatic carbocycles. The standard InChI is InChI=1S/C21H24N2O5S/c22-11-14-1-3-18(4-2-14)29(26,27)23-12-20(25)28-13-19(24)21-8-15-5-16(9-21)7-17(6-15)10-21/h1-4,15-17,23H,5-10,12-13H2. The Labute approximate surface area is 170 Å². The number of Topliss-reactive ketones (excluding diaryl/α,β-unsaturated/α-hetero) is 1. The fraction of sp³-hybridized carbons (Fsp3) is 0.571. The van der Waals surface area contributed by atoms with Crippen LogP contribution in [-0.2, 0) is 24.3 Å². The molecule has 0 saturated heterocycles. The lowest BCUT2D eigenvalue weighted by Crippen LogP contribution is -2.51. The highest BCUT2D eigenvalue weighted by Gasteiger charge is 2.54. The second-order valence-corrected chi connectivity index (χ2v) is 10.5. The van der Waals surface area contributed by atoms with Crippen LogP contribution < -0.4 is 4.72 Å². The quantitative estimate of drug-likeness (QED) is 0.682. The number of nitrogens with zero attached hydrogens (tertiary/aromatic N) is 1. The number of benzene rings is 1. The molecule has 7 nitrogen and oxygen atoms in total. The van der Waals surface area contributed by atoms with E-state index < -0.39 is 22.5 Å². The largest absolute Gasteiger partial charge is 0.457 e. The first-order valence-corrected chi connectivity index (χ1v) is 11.5. The van der Waals surface area contributed by atoms with Gasteiger partial charge in [0, 0.05) is 5.41 Å². The van der Waals surface area contributed by atoms with Gasteiger partial charge in [-0.25, -0.2) is 8.42 Å². The lowest BCUT2D eigenvalue weighted by Gasteiger charge is -2.55. The number of esters is 1. The van der Waals surface area contributed by atoms with Gasteiger partial charge in [-0.05, 0) is 80.5 Å². The maximum atomic E-state index is 12.8. The van der Waals surface area contributed by atoms with E-state index >= 15 is 0 Å². The van der Waals surface area contributed by atoms with Gasteiger partial charge in [0.15, 0.2) is 12.4 Å². The molecule has 0 radical (unpaired) electrons. The smallest absolute Gasteiger partial charge is 0.321 e. The van der Waals surface area contributed by atoms with Crippen LogP contribution in [0.2, 0.25) is 0 Å². The zero-order valence-electron chi connectivity index (χ0n) is 16.1. The van der Waals surface area contributed by atoms with Crippen LogP contribution in [0, 0.1) is 34.5 Å². The summed E-state index contributed by atoms with van der Waals surface area (Å²) in [4.78, 5) is 24.8. The monoisotopic (exact) mass is 416 g/mol. The number of rotatable bonds is 7. The van der Waals surface area contributed by atoms with Crippen molar-refractivity contribution in [3.8, 4) is 6.07 Å². The molecule has 4 saturated carbocycles. The molecule has 4 fully saturated rings. The van der Waals surface area contributed by atoms with Gasteiger partial charge in [0.25, 0.3) is 0 Å². The predicted molar refractivity (Wildman–Crippen MR) is 103 cm³/mol. The number of hydrogen-bond donors (Lipinski definition) is 1. The normalized spacial score (nSPS) is 30.0. The molecule has 0 amide bonds. The number of hydrogen-bond acceptors (Lipinski definition) is 6. The average Bonchev–Trinajstić information content (AvgIpc) is 2.69. The van der Waals surface area contributed by atoms with Crippen LogP contribution in [0.1, 0.15) is 44.1 Å². The number of nitrogens with one attached hydrogen (secondary N) is 1. The number of ether oxygens (including phenoxy) is 1. The molecule has 4 bridgehead atoms. The Bertz CT molecular complexity index is 926. The van der Waals surface area contributed by atoms with Gasteiger partial charge < -0.3 is 4.74 Å². The first-order valence-electron chi connectivity index (χ1n) is 9.98. The summed E-state index contributed by atoms with van der Waals surface area (Å²) in [6, 6.07) is 7.27. The predicted octanol–water partition coefficient (Wildman–Crippen LogP) is 2.17. The Hall–Kier alpha value is -2.24. The highest BCUT2D eigenvalue weighted by Crippen LogP contribution is 2.60. The third-order valence-electron chi connectivity index (χ3n) is 6.69. The molecule has 5 rings (SSSR count).